The van der Waals surface area contributed by atoms with Crippen LogP contribution in [0.5, 0.6) is 0 Å². The summed E-state index contributed by atoms with van der Waals surface area (Å²) in [4.78, 5) is 42.1. The van der Waals surface area contributed by atoms with E-state index in [9.17, 15) is 14.4 Å². The van der Waals surface area contributed by atoms with Gasteiger partial charge in [0.05, 0.1) is 22.9 Å². The van der Waals surface area contributed by atoms with Crippen molar-refractivity contribution in [3.05, 3.63) is 98.6 Å². The molecule has 7 rings (SSSR count). The maximum Gasteiger partial charge on any atom is 0.239 e. The van der Waals surface area contributed by atoms with Crippen molar-refractivity contribution >= 4 is 46.4 Å². The molecule has 2 amide bonds. The summed E-state index contributed by atoms with van der Waals surface area (Å²) in [5, 5.41) is 0. The van der Waals surface area contributed by atoms with E-state index in [0.29, 0.717) is 5.69 Å². The fraction of sp³-hybridized carbons (Fsp3) is 0.192. The Kier molecular flexibility index (Phi) is 3.74. The van der Waals surface area contributed by atoms with Crippen molar-refractivity contribution in [3.63, 3.8) is 0 Å². The molecule has 2 atom stereocenters. The Balaban J connectivity index is 1.70. The van der Waals surface area contributed by atoms with Gasteiger partial charge in [0.1, 0.15) is 6.29 Å². The van der Waals surface area contributed by atoms with Crippen molar-refractivity contribution in [1.29, 1.82) is 0 Å². The van der Waals surface area contributed by atoms with Crippen LogP contribution in [0.15, 0.2) is 72.8 Å². The molecule has 0 spiro atoms. The number of nitrogens with zero attached hydrogens (tertiary/aromatic N) is 1. The molecule has 0 N–H and O–H groups in total. The van der Waals surface area contributed by atoms with Gasteiger partial charge in [-0.2, -0.15) is 0 Å². The minimum atomic E-state index is -1.17. The summed E-state index contributed by atoms with van der Waals surface area (Å²) in [7, 11) is 0. The molecule has 2 bridgehead atoms. The van der Waals surface area contributed by atoms with E-state index in [1.54, 1.807) is 6.07 Å². The van der Waals surface area contributed by atoms with Crippen LogP contribution in [0.3, 0.4) is 0 Å². The molecule has 4 nitrogen and oxygen atoms in total. The monoisotopic (exact) mass is 519 g/mol. The van der Waals surface area contributed by atoms with Crippen molar-refractivity contribution in [1.82, 2.24) is 0 Å². The average Bonchev–Trinajstić information content (AvgIpc) is 3.06. The van der Waals surface area contributed by atoms with Crippen molar-refractivity contribution in [2.24, 2.45) is 11.8 Å². The molecule has 1 heterocycles. The zero-order chi connectivity index (χ0) is 21.5. The Bertz CT molecular complexity index is 1270. The molecular formula is C26H18INO3. The zero-order valence-electron chi connectivity index (χ0n) is 16.7. The number of rotatable bonds is 2. The lowest BCUT2D eigenvalue weighted by Crippen LogP contribution is -2.61. The summed E-state index contributed by atoms with van der Waals surface area (Å²) in [5.74, 6) is -1.91. The van der Waals surface area contributed by atoms with Crippen LogP contribution in [-0.4, -0.2) is 18.1 Å². The van der Waals surface area contributed by atoms with Gasteiger partial charge in [0.25, 0.3) is 0 Å². The van der Waals surface area contributed by atoms with Crippen LogP contribution in [0.4, 0.5) is 5.69 Å². The third-order valence-corrected chi connectivity index (χ3v) is 8.21. The number of benzene rings is 3. The summed E-state index contributed by atoms with van der Waals surface area (Å²) in [5.41, 5.74) is 2.33. The molecule has 3 aliphatic carbocycles. The van der Waals surface area contributed by atoms with Crippen LogP contribution >= 0.6 is 22.6 Å². The van der Waals surface area contributed by atoms with Crippen LogP contribution < -0.4 is 4.90 Å². The number of hydrogen-bond donors (Lipinski definition) is 0. The largest absolute Gasteiger partial charge is 0.302 e. The maximum absolute atomic E-state index is 13.9. The smallest absolute Gasteiger partial charge is 0.239 e. The van der Waals surface area contributed by atoms with Gasteiger partial charge in [0.2, 0.25) is 11.8 Å². The number of halogens is 1. The van der Waals surface area contributed by atoms with E-state index >= 15 is 0 Å². The summed E-state index contributed by atoms with van der Waals surface area (Å²) < 4.78 is 0.941. The quantitative estimate of drug-likeness (QED) is 0.290. The number of carbonyl (C=O) groups excluding carboxylic acids is 3. The first kappa shape index (κ1) is 18.9. The second-order valence-electron chi connectivity index (χ2n) is 8.73. The van der Waals surface area contributed by atoms with Gasteiger partial charge in [-0.15, -0.1) is 0 Å². The standard InChI is InChI=1S/C26H18INO3/c1-25-17-9-2-4-11-19(17)26(14-29,20-12-5-3-10-18(20)25)22-21(25)23(30)28(24(22)31)16-8-6-7-15(27)13-16/h2-14,21-22H,1H3/t21-,22-,25?,26?/m0/s1. The lowest BCUT2D eigenvalue weighted by Gasteiger charge is -2.56. The van der Waals surface area contributed by atoms with Gasteiger partial charge in [-0.05, 0) is 63.0 Å². The van der Waals surface area contributed by atoms with Crippen molar-refractivity contribution < 1.29 is 14.4 Å². The highest BCUT2D eigenvalue weighted by molar-refractivity contribution is 14.1. The molecule has 5 heteroatoms. The van der Waals surface area contributed by atoms with E-state index < -0.39 is 22.7 Å². The molecule has 1 aliphatic heterocycles. The van der Waals surface area contributed by atoms with Crippen LogP contribution in [0, 0.1) is 15.4 Å². The van der Waals surface area contributed by atoms with Gasteiger partial charge in [-0.1, -0.05) is 61.5 Å². The SMILES string of the molecule is CC12c3ccccc3C(C=O)(c3ccccc31)[C@@H]1C(=O)N(c3cccc(I)c3)C(=O)[C@H]12. The Morgan fingerprint density at radius 3 is 1.90 bits per heavy atom. The van der Waals surface area contributed by atoms with Gasteiger partial charge in [-0.3, -0.25) is 9.59 Å². The van der Waals surface area contributed by atoms with Crippen molar-refractivity contribution in [3.8, 4) is 0 Å². The van der Waals surface area contributed by atoms with Gasteiger partial charge in [-0.25, -0.2) is 4.90 Å². The van der Waals surface area contributed by atoms with Gasteiger partial charge in [0.15, 0.2) is 0 Å². The summed E-state index contributed by atoms with van der Waals surface area (Å²) in [6.07, 6.45) is 0.907. The molecule has 0 unspecified atom stereocenters. The van der Waals surface area contributed by atoms with Crippen molar-refractivity contribution in [2.45, 2.75) is 17.8 Å². The lowest BCUT2D eigenvalue weighted by atomic mass is 9.42. The molecular weight excluding hydrogens is 501 g/mol. The molecule has 152 valence electrons. The predicted molar refractivity (Wildman–Crippen MR) is 125 cm³/mol. The highest BCUT2D eigenvalue weighted by Gasteiger charge is 2.72. The molecule has 4 aliphatic rings. The normalized spacial score (nSPS) is 30.1. The fourth-order valence-corrected chi connectivity index (χ4v) is 6.86. The van der Waals surface area contributed by atoms with Crippen LogP contribution in [0.25, 0.3) is 0 Å². The van der Waals surface area contributed by atoms with Crippen molar-refractivity contribution in [2.75, 3.05) is 4.90 Å². The maximum atomic E-state index is 13.9. The van der Waals surface area contributed by atoms with Crippen LogP contribution in [0.2, 0.25) is 0 Å². The van der Waals surface area contributed by atoms with Gasteiger partial charge < -0.3 is 4.79 Å². The average molecular weight is 519 g/mol. The topological polar surface area (TPSA) is 54.5 Å². The predicted octanol–water partition coefficient (Wildman–Crippen LogP) is 4.22. The number of carbonyl (C=O) groups is 3. The van der Waals surface area contributed by atoms with Gasteiger partial charge >= 0.3 is 0 Å². The van der Waals surface area contributed by atoms with E-state index in [2.05, 4.69) is 29.5 Å². The Morgan fingerprint density at radius 2 is 1.35 bits per heavy atom. The minimum Gasteiger partial charge on any atom is -0.302 e. The first-order valence-corrected chi connectivity index (χ1v) is 11.3. The Labute approximate surface area is 193 Å². The van der Waals surface area contributed by atoms with E-state index in [-0.39, 0.29) is 11.8 Å². The highest BCUT2D eigenvalue weighted by Crippen LogP contribution is 2.66. The van der Waals surface area contributed by atoms with Crippen LogP contribution in [0.1, 0.15) is 29.2 Å². The molecule has 0 radical (unpaired) electrons. The Hall–Kier alpha value is -2.80. The number of anilines is 1. The molecule has 0 aromatic heterocycles. The molecule has 31 heavy (non-hydrogen) atoms. The molecule has 1 saturated heterocycles. The van der Waals surface area contributed by atoms with E-state index in [4.69, 9.17) is 0 Å². The van der Waals surface area contributed by atoms with Crippen LogP contribution in [-0.2, 0) is 25.2 Å². The molecule has 1 fully saturated rings. The fourth-order valence-electron chi connectivity index (χ4n) is 6.33. The third-order valence-electron chi connectivity index (χ3n) is 7.54. The van der Waals surface area contributed by atoms with E-state index in [1.807, 2.05) is 66.7 Å². The van der Waals surface area contributed by atoms with Gasteiger partial charge in [0, 0.05) is 8.99 Å². The number of imide groups is 1. The second-order valence-corrected chi connectivity index (χ2v) is 9.97. The molecule has 3 aromatic rings. The van der Waals surface area contributed by atoms with E-state index in [0.717, 1.165) is 32.1 Å². The first-order chi connectivity index (χ1) is 15.0. The number of aldehydes is 1. The minimum absolute atomic E-state index is 0.227. The molecule has 0 saturated carbocycles. The second kappa shape index (κ2) is 6.13. The third kappa shape index (κ3) is 2.03. The summed E-state index contributed by atoms with van der Waals surface area (Å²) in [6.45, 7) is 2.06. The summed E-state index contributed by atoms with van der Waals surface area (Å²) >= 11 is 2.18. The Morgan fingerprint density at radius 1 is 0.806 bits per heavy atom. The number of hydrogen-bond acceptors (Lipinski definition) is 3. The van der Waals surface area contributed by atoms with E-state index in [1.165, 1.54) is 4.90 Å². The highest BCUT2D eigenvalue weighted by atomic mass is 127. The first-order valence-electron chi connectivity index (χ1n) is 10.3. The molecule has 3 aromatic carbocycles. The number of amides is 2. The summed E-state index contributed by atoms with van der Waals surface area (Å²) in [6, 6.07) is 23.0. The lowest BCUT2D eigenvalue weighted by molar-refractivity contribution is -0.129. The zero-order valence-corrected chi connectivity index (χ0v) is 18.9.